The number of hydrogen-bond acceptors (Lipinski definition) is 0. The first-order chi connectivity index (χ1) is 4.95. The van der Waals surface area contributed by atoms with Crippen molar-refractivity contribution in [2.24, 2.45) is 5.92 Å². The van der Waals surface area contributed by atoms with E-state index in [0.29, 0.717) is 0 Å². The maximum Gasteiger partial charge on any atom is 0.0536 e. The second-order valence-corrected chi connectivity index (χ2v) is 8.35. The van der Waals surface area contributed by atoms with Gasteiger partial charge in [0.1, 0.15) is 0 Å². The Labute approximate surface area is 74.0 Å². The summed E-state index contributed by atoms with van der Waals surface area (Å²) in [5, 5.41) is 0. The van der Waals surface area contributed by atoms with Crippen LogP contribution in [0.2, 0.25) is 17.1 Å². The Balaban J connectivity index is 3.90. The van der Waals surface area contributed by atoms with E-state index in [1.54, 1.807) is 0 Å². The van der Waals surface area contributed by atoms with Crippen LogP contribution in [-0.4, -0.2) is 8.80 Å². The maximum atomic E-state index is 2.39. The fourth-order valence-corrected chi connectivity index (χ4v) is 4.83. The van der Waals surface area contributed by atoms with E-state index in [-0.39, 0.29) is 8.80 Å². The minimum atomic E-state index is -0.0782. The smallest absolute Gasteiger partial charge is 0.0536 e. The Morgan fingerprint density at radius 2 is 1.18 bits per heavy atom. The molecule has 0 aromatic carbocycles. The largest absolute Gasteiger partial charge is 0.0654 e. The standard InChI is InChI=1S/C10H23Si/c1-8(2)7-11(9(3)4)10(5)6/h8-10H,7H2,1-6H3. The van der Waals surface area contributed by atoms with Gasteiger partial charge in [0.15, 0.2) is 0 Å². The van der Waals surface area contributed by atoms with Crippen molar-refractivity contribution in [2.45, 2.75) is 58.7 Å². The van der Waals surface area contributed by atoms with E-state index in [1.807, 2.05) is 0 Å². The summed E-state index contributed by atoms with van der Waals surface area (Å²) < 4.78 is 0. The molecule has 11 heavy (non-hydrogen) atoms. The predicted molar refractivity (Wildman–Crippen MR) is 55.6 cm³/mol. The quantitative estimate of drug-likeness (QED) is 0.562. The second kappa shape index (κ2) is 4.97. The number of rotatable bonds is 4. The zero-order valence-corrected chi connectivity index (χ0v) is 9.94. The van der Waals surface area contributed by atoms with E-state index in [2.05, 4.69) is 41.5 Å². The van der Waals surface area contributed by atoms with E-state index < -0.39 is 0 Å². The molecule has 0 spiro atoms. The van der Waals surface area contributed by atoms with Crippen LogP contribution in [0.4, 0.5) is 0 Å². The lowest BCUT2D eigenvalue weighted by Crippen LogP contribution is -2.22. The van der Waals surface area contributed by atoms with Crippen LogP contribution in [0.1, 0.15) is 41.5 Å². The van der Waals surface area contributed by atoms with Gasteiger partial charge in [0, 0.05) is 0 Å². The molecule has 0 fully saturated rings. The van der Waals surface area contributed by atoms with E-state index >= 15 is 0 Å². The summed E-state index contributed by atoms with van der Waals surface area (Å²) in [6.45, 7) is 14.2. The highest BCUT2D eigenvalue weighted by Crippen LogP contribution is 2.26. The molecule has 0 bridgehead atoms. The average Bonchev–Trinajstić information content (AvgIpc) is 1.81. The third-order valence-electron chi connectivity index (χ3n) is 2.13. The van der Waals surface area contributed by atoms with Crippen molar-refractivity contribution in [2.75, 3.05) is 0 Å². The van der Waals surface area contributed by atoms with Crippen LogP contribution >= 0.6 is 0 Å². The molecule has 0 nitrogen and oxygen atoms in total. The zero-order chi connectivity index (χ0) is 9.02. The molecule has 0 unspecified atom stereocenters. The van der Waals surface area contributed by atoms with Crippen LogP contribution in [0.5, 0.6) is 0 Å². The average molecular weight is 171 g/mol. The molecule has 0 aliphatic carbocycles. The molecule has 0 heterocycles. The first kappa shape index (κ1) is 11.2. The highest BCUT2D eigenvalue weighted by atomic mass is 28.3. The van der Waals surface area contributed by atoms with Gasteiger partial charge >= 0.3 is 0 Å². The molecule has 0 saturated carbocycles. The van der Waals surface area contributed by atoms with E-state index in [4.69, 9.17) is 0 Å². The van der Waals surface area contributed by atoms with Crippen LogP contribution in [0, 0.1) is 5.92 Å². The minimum absolute atomic E-state index is 0.0782. The molecular weight excluding hydrogens is 148 g/mol. The van der Waals surface area contributed by atoms with Gasteiger partial charge in [-0.15, -0.1) is 0 Å². The molecule has 0 amide bonds. The molecule has 0 aromatic rings. The molecule has 0 rings (SSSR count). The summed E-state index contributed by atoms with van der Waals surface area (Å²) in [5.41, 5.74) is 1.89. The SMILES string of the molecule is CC(C)C[Si](C(C)C)C(C)C. The highest BCUT2D eigenvalue weighted by Gasteiger charge is 2.20. The van der Waals surface area contributed by atoms with Gasteiger partial charge in [-0.2, -0.15) is 0 Å². The number of hydrogen-bond donors (Lipinski definition) is 0. The summed E-state index contributed by atoms with van der Waals surface area (Å²) in [7, 11) is -0.0782. The first-order valence-electron chi connectivity index (χ1n) is 4.80. The Bertz CT molecular complexity index is 87.0. The van der Waals surface area contributed by atoms with Crippen LogP contribution in [0.25, 0.3) is 0 Å². The second-order valence-electron chi connectivity index (χ2n) is 4.48. The third-order valence-corrected chi connectivity index (χ3v) is 6.38. The summed E-state index contributed by atoms with van der Waals surface area (Å²) in [4.78, 5) is 0. The monoisotopic (exact) mass is 171 g/mol. The molecule has 67 valence electrons. The van der Waals surface area contributed by atoms with Gasteiger partial charge in [0.2, 0.25) is 0 Å². The molecule has 0 atom stereocenters. The van der Waals surface area contributed by atoms with Gasteiger partial charge in [-0.05, 0) is 5.92 Å². The van der Waals surface area contributed by atoms with Gasteiger partial charge in [0.05, 0.1) is 8.80 Å². The van der Waals surface area contributed by atoms with Crippen LogP contribution in [-0.2, 0) is 0 Å². The molecule has 0 N–H and O–H groups in total. The normalized spacial score (nSPS) is 12.5. The van der Waals surface area contributed by atoms with Crippen molar-refractivity contribution < 1.29 is 0 Å². The maximum absolute atomic E-state index is 2.39. The van der Waals surface area contributed by atoms with Crippen LogP contribution in [0.3, 0.4) is 0 Å². The zero-order valence-electron chi connectivity index (χ0n) is 8.94. The molecular formula is C10H23Si. The first-order valence-corrected chi connectivity index (χ1v) is 6.67. The summed E-state index contributed by atoms with van der Waals surface area (Å²) in [6, 6.07) is 1.49. The van der Waals surface area contributed by atoms with Crippen molar-refractivity contribution >= 4 is 8.80 Å². The van der Waals surface area contributed by atoms with Crippen LogP contribution < -0.4 is 0 Å². The predicted octanol–water partition coefficient (Wildman–Crippen LogP) is 3.96. The van der Waals surface area contributed by atoms with Gasteiger partial charge in [-0.25, -0.2) is 0 Å². The lowest BCUT2D eigenvalue weighted by molar-refractivity contribution is 0.706. The molecule has 0 saturated heterocycles. The van der Waals surface area contributed by atoms with Gasteiger partial charge in [-0.3, -0.25) is 0 Å². The summed E-state index contributed by atoms with van der Waals surface area (Å²) >= 11 is 0. The van der Waals surface area contributed by atoms with Crippen molar-refractivity contribution in [1.29, 1.82) is 0 Å². The van der Waals surface area contributed by atoms with Crippen LogP contribution in [0.15, 0.2) is 0 Å². The fraction of sp³-hybridized carbons (Fsp3) is 1.00. The topological polar surface area (TPSA) is 0 Å². The lowest BCUT2D eigenvalue weighted by Gasteiger charge is -2.24. The molecule has 0 aromatic heterocycles. The van der Waals surface area contributed by atoms with E-state index in [9.17, 15) is 0 Å². The van der Waals surface area contributed by atoms with Crippen molar-refractivity contribution in [1.82, 2.24) is 0 Å². The van der Waals surface area contributed by atoms with Crippen molar-refractivity contribution in [3.05, 3.63) is 0 Å². The Morgan fingerprint density at radius 1 is 0.818 bits per heavy atom. The van der Waals surface area contributed by atoms with Crippen molar-refractivity contribution in [3.63, 3.8) is 0 Å². The summed E-state index contributed by atoms with van der Waals surface area (Å²) in [6.07, 6.45) is 0. The van der Waals surface area contributed by atoms with Gasteiger partial charge in [0.25, 0.3) is 0 Å². The summed E-state index contributed by atoms with van der Waals surface area (Å²) in [5.74, 6) is 0.897. The molecule has 1 heteroatoms. The van der Waals surface area contributed by atoms with Gasteiger partial charge < -0.3 is 0 Å². The highest BCUT2D eigenvalue weighted by molar-refractivity contribution is 6.61. The molecule has 1 radical (unpaired) electrons. The minimum Gasteiger partial charge on any atom is -0.0654 e. The van der Waals surface area contributed by atoms with Gasteiger partial charge in [-0.1, -0.05) is 58.7 Å². The molecule has 0 aliphatic heterocycles. The fourth-order valence-electron chi connectivity index (χ4n) is 1.61. The third kappa shape index (κ3) is 4.62. The Kier molecular flexibility index (Phi) is 5.07. The van der Waals surface area contributed by atoms with Crippen molar-refractivity contribution in [3.8, 4) is 0 Å². The van der Waals surface area contributed by atoms with E-state index in [1.165, 1.54) is 6.04 Å². The molecule has 0 aliphatic rings. The lowest BCUT2D eigenvalue weighted by atomic mass is 10.3. The Morgan fingerprint density at radius 3 is 1.27 bits per heavy atom. The Hall–Kier alpha value is 0.217. The van der Waals surface area contributed by atoms with E-state index in [0.717, 1.165) is 17.0 Å².